The number of carbonyl (C=O) groups is 1. The minimum absolute atomic E-state index is 0.165. The van der Waals surface area contributed by atoms with Gasteiger partial charge in [-0.25, -0.2) is 0 Å². The normalized spacial score (nSPS) is 19.2. The lowest BCUT2D eigenvalue weighted by Gasteiger charge is -2.22. The van der Waals surface area contributed by atoms with Crippen LogP contribution in [0.2, 0.25) is 0 Å². The molecule has 0 radical (unpaired) electrons. The van der Waals surface area contributed by atoms with Crippen LogP contribution in [0.3, 0.4) is 0 Å². The number of hydrogen-bond acceptors (Lipinski definition) is 2. The fourth-order valence-electron chi connectivity index (χ4n) is 3.10. The van der Waals surface area contributed by atoms with E-state index in [9.17, 15) is 4.79 Å². The number of Topliss-reactive ketones (excluding diaryl/α,β-unsaturated/α-hetero) is 1. The zero-order valence-electron chi connectivity index (χ0n) is 12.8. The molecule has 2 aromatic rings. The van der Waals surface area contributed by atoms with Crippen molar-refractivity contribution >= 4 is 22.1 Å². The summed E-state index contributed by atoms with van der Waals surface area (Å²) in [5.41, 5.74) is 3.31. The van der Waals surface area contributed by atoms with Gasteiger partial charge in [-0.15, -0.1) is 0 Å². The van der Waals surface area contributed by atoms with Gasteiger partial charge in [-0.1, -0.05) is 25.1 Å². The second-order valence-electron chi connectivity index (χ2n) is 5.84. The van der Waals surface area contributed by atoms with E-state index in [1.165, 1.54) is 16.5 Å². The Morgan fingerprint density at radius 3 is 2.57 bits per heavy atom. The highest BCUT2D eigenvalue weighted by Crippen LogP contribution is 2.34. The van der Waals surface area contributed by atoms with Crippen LogP contribution in [0, 0.1) is 5.92 Å². The molecule has 21 heavy (non-hydrogen) atoms. The molecular formula is C19H20O2. The van der Waals surface area contributed by atoms with Gasteiger partial charge in [0.05, 0.1) is 7.11 Å². The van der Waals surface area contributed by atoms with Crippen molar-refractivity contribution in [3.05, 3.63) is 47.5 Å². The van der Waals surface area contributed by atoms with Gasteiger partial charge in [0, 0.05) is 5.92 Å². The van der Waals surface area contributed by atoms with Crippen molar-refractivity contribution in [2.45, 2.75) is 26.7 Å². The van der Waals surface area contributed by atoms with Crippen LogP contribution >= 0.6 is 0 Å². The molecule has 1 aliphatic carbocycles. The molecule has 0 aromatic heterocycles. The van der Waals surface area contributed by atoms with Crippen molar-refractivity contribution in [1.82, 2.24) is 0 Å². The molecule has 108 valence electrons. The Hall–Kier alpha value is -2.09. The number of benzene rings is 2. The average molecular weight is 280 g/mol. The number of hydrogen-bond donors (Lipinski definition) is 0. The summed E-state index contributed by atoms with van der Waals surface area (Å²) in [6.07, 6.45) is 1.94. The second-order valence-corrected chi connectivity index (χ2v) is 5.84. The van der Waals surface area contributed by atoms with Gasteiger partial charge >= 0.3 is 0 Å². The summed E-state index contributed by atoms with van der Waals surface area (Å²) in [5.74, 6) is 1.33. The van der Waals surface area contributed by atoms with Crippen LogP contribution in [0.1, 0.15) is 32.3 Å². The van der Waals surface area contributed by atoms with E-state index in [2.05, 4.69) is 24.3 Å². The molecule has 0 saturated heterocycles. The summed E-state index contributed by atoms with van der Waals surface area (Å²) in [5, 5.41) is 2.34. The monoisotopic (exact) mass is 280 g/mol. The average Bonchev–Trinajstić information content (AvgIpc) is 2.52. The molecule has 0 heterocycles. The SMILES string of the molecule is COc1ccc2cc(C3=C(C)C(=O)[C@@H](C)CC3)ccc2c1. The van der Waals surface area contributed by atoms with Crippen molar-refractivity contribution in [3.63, 3.8) is 0 Å². The van der Waals surface area contributed by atoms with Crippen molar-refractivity contribution in [1.29, 1.82) is 0 Å². The molecule has 2 nitrogen and oxygen atoms in total. The van der Waals surface area contributed by atoms with Crippen LogP contribution in [-0.4, -0.2) is 12.9 Å². The van der Waals surface area contributed by atoms with Crippen LogP contribution < -0.4 is 4.74 Å². The Bertz CT molecular complexity index is 740. The molecule has 0 spiro atoms. The van der Waals surface area contributed by atoms with Crippen molar-refractivity contribution in [2.24, 2.45) is 5.92 Å². The molecule has 1 aliphatic rings. The first-order valence-electron chi connectivity index (χ1n) is 7.42. The molecule has 3 rings (SSSR count). The van der Waals surface area contributed by atoms with Gasteiger partial charge < -0.3 is 4.74 Å². The maximum absolute atomic E-state index is 12.2. The highest BCUT2D eigenvalue weighted by Gasteiger charge is 2.24. The van der Waals surface area contributed by atoms with Gasteiger partial charge in [-0.3, -0.25) is 4.79 Å². The van der Waals surface area contributed by atoms with Crippen LogP contribution in [0.15, 0.2) is 42.0 Å². The molecule has 0 N–H and O–H groups in total. The molecular weight excluding hydrogens is 260 g/mol. The Kier molecular flexibility index (Phi) is 3.54. The largest absolute Gasteiger partial charge is 0.497 e. The Balaban J connectivity index is 2.07. The van der Waals surface area contributed by atoms with Gasteiger partial charge in [0.25, 0.3) is 0 Å². The molecule has 0 fully saturated rings. The summed E-state index contributed by atoms with van der Waals surface area (Å²) in [7, 11) is 1.68. The van der Waals surface area contributed by atoms with Gasteiger partial charge in [0.15, 0.2) is 5.78 Å². The first-order valence-corrected chi connectivity index (χ1v) is 7.42. The zero-order valence-corrected chi connectivity index (χ0v) is 12.8. The molecule has 0 saturated carbocycles. The second kappa shape index (κ2) is 5.36. The molecule has 2 heteroatoms. The number of ether oxygens (including phenoxy) is 1. The first-order chi connectivity index (χ1) is 10.1. The molecule has 1 atom stereocenters. The zero-order chi connectivity index (χ0) is 15.0. The fraction of sp³-hybridized carbons (Fsp3) is 0.316. The van der Waals surface area contributed by atoms with Crippen molar-refractivity contribution < 1.29 is 9.53 Å². The quantitative estimate of drug-likeness (QED) is 0.802. The summed E-state index contributed by atoms with van der Waals surface area (Å²) >= 11 is 0. The predicted octanol–water partition coefficient (Wildman–Crippen LogP) is 4.62. The van der Waals surface area contributed by atoms with E-state index in [-0.39, 0.29) is 5.92 Å². The Morgan fingerprint density at radius 2 is 1.81 bits per heavy atom. The summed E-state index contributed by atoms with van der Waals surface area (Å²) < 4.78 is 5.26. The number of fused-ring (bicyclic) bond motifs is 1. The third kappa shape index (κ3) is 2.46. The van der Waals surface area contributed by atoms with Gasteiger partial charge in [0.2, 0.25) is 0 Å². The van der Waals surface area contributed by atoms with E-state index in [4.69, 9.17) is 4.74 Å². The summed E-state index contributed by atoms with van der Waals surface area (Å²) in [6.45, 7) is 3.99. The molecule has 0 unspecified atom stereocenters. The maximum Gasteiger partial charge on any atom is 0.161 e. The molecule has 0 bridgehead atoms. The lowest BCUT2D eigenvalue weighted by atomic mass is 9.81. The first kappa shape index (κ1) is 13.9. The van der Waals surface area contributed by atoms with E-state index in [0.717, 1.165) is 29.6 Å². The smallest absolute Gasteiger partial charge is 0.161 e. The van der Waals surface area contributed by atoms with E-state index in [1.807, 2.05) is 26.0 Å². The summed E-state index contributed by atoms with van der Waals surface area (Å²) in [6, 6.07) is 12.5. The highest BCUT2D eigenvalue weighted by molar-refractivity contribution is 6.05. The third-order valence-corrected chi connectivity index (χ3v) is 4.49. The van der Waals surface area contributed by atoms with Crippen molar-refractivity contribution in [2.75, 3.05) is 7.11 Å². The van der Waals surface area contributed by atoms with E-state index < -0.39 is 0 Å². The molecule has 0 aliphatic heterocycles. The minimum atomic E-state index is 0.165. The van der Waals surface area contributed by atoms with Crippen LogP contribution in [-0.2, 0) is 4.79 Å². The maximum atomic E-state index is 12.2. The fourth-order valence-corrected chi connectivity index (χ4v) is 3.10. The van der Waals surface area contributed by atoms with Crippen LogP contribution in [0.5, 0.6) is 5.75 Å². The van der Waals surface area contributed by atoms with E-state index in [0.29, 0.717) is 5.78 Å². The predicted molar refractivity (Wildman–Crippen MR) is 86.5 cm³/mol. The van der Waals surface area contributed by atoms with Crippen LogP contribution in [0.25, 0.3) is 16.3 Å². The number of carbonyl (C=O) groups excluding carboxylic acids is 1. The van der Waals surface area contributed by atoms with E-state index >= 15 is 0 Å². The number of allylic oxidation sites excluding steroid dienone is 2. The number of rotatable bonds is 2. The standard InChI is InChI=1S/C19H20O2/c1-12-4-9-18(13(2)19(12)20)16-6-5-15-11-17(21-3)8-7-14(15)10-16/h5-8,10-12H,4,9H2,1-3H3/t12-/m0/s1. The number of methoxy groups -OCH3 is 1. The van der Waals surface area contributed by atoms with Gasteiger partial charge in [-0.05, 0) is 65.4 Å². The van der Waals surface area contributed by atoms with Crippen molar-refractivity contribution in [3.8, 4) is 5.75 Å². The summed E-state index contributed by atoms with van der Waals surface area (Å²) in [4.78, 5) is 12.2. The molecule has 0 amide bonds. The highest BCUT2D eigenvalue weighted by atomic mass is 16.5. The molecule has 2 aromatic carbocycles. The number of ketones is 1. The van der Waals surface area contributed by atoms with Gasteiger partial charge in [0.1, 0.15) is 5.75 Å². The lowest BCUT2D eigenvalue weighted by molar-refractivity contribution is -0.119. The van der Waals surface area contributed by atoms with Gasteiger partial charge in [-0.2, -0.15) is 0 Å². The van der Waals surface area contributed by atoms with Crippen LogP contribution in [0.4, 0.5) is 0 Å². The van der Waals surface area contributed by atoms with E-state index in [1.54, 1.807) is 7.11 Å². The third-order valence-electron chi connectivity index (χ3n) is 4.49. The lowest BCUT2D eigenvalue weighted by Crippen LogP contribution is -2.18. The minimum Gasteiger partial charge on any atom is -0.497 e. The topological polar surface area (TPSA) is 26.3 Å². The Labute approximate surface area is 125 Å². The Morgan fingerprint density at radius 1 is 1.10 bits per heavy atom.